The fourth-order valence-electron chi connectivity index (χ4n) is 2.25. The molecule has 3 nitrogen and oxygen atoms in total. The summed E-state index contributed by atoms with van der Waals surface area (Å²) in [4.78, 5) is 12.2. The van der Waals surface area contributed by atoms with Crippen molar-refractivity contribution in [2.24, 2.45) is 0 Å². The van der Waals surface area contributed by atoms with Crippen molar-refractivity contribution in [3.63, 3.8) is 0 Å². The van der Waals surface area contributed by atoms with E-state index in [2.05, 4.69) is 5.32 Å². The van der Waals surface area contributed by atoms with Crippen molar-refractivity contribution in [1.82, 2.24) is 5.32 Å². The van der Waals surface area contributed by atoms with Crippen molar-refractivity contribution in [3.8, 4) is 5.75 Å². The second kappa shape index (κ2) is 9.21. The Morgan fingerprint density at radius 3 is 2.48 bits per heavy atom. The summed E-state index contributed by atoms with van der Waals surface area (Å²) in [7, 11) is 0. The number of aryl methyl sites for hydroxylation is 1. The van der Waals surface area contributed by atoms with E-state index >= 15 is 0 Å². The van der Waals surface area contributed by atoms with Gasteiger partial charge in [0.2, 0.25) is 0 Å². The van der Waals surface area contributed by atoms with Gasteiger partial charge in [-0.3, -0.25) is 4.79 Å². The second-order valence-electron chi connectivity index (χ2n) is 5.35. The number of hydrogen-bond donors (Lipinski definition) is 1. The van der Waals surface area contributed by atoms with Crippen molar-refractivity contribution in [1.29, 1.82) is 0 Å². The molecule has 2 rings (SSSR count). The molecule has 2 aromatic rings. The molecule has 0 heterocycles. The Morgan fingerprint density at radius 2 is 1.83 bits per heavy atom. The predicted molar refractivity (Wildman–Crippen MR) is 93.9 cm³/mol. The summed E-state index contributed by atoms with van der Waals surface area (Å²) in [5.41, 5.74) is 1.22. The molecule has 0 radical (unpaired) electrons. The maximum absolute atomic E-state index is 12.2. The Hall–Kier alpha value is -2.00. The molecule has 122 valence electrons. The molecule has 0 saturated carbocycles. The first-order chi connectivity index (χ1) is 11.2. The van der Waals surface area contributed by atoms with Crippen LogP contribution < -0.4 is 10.1 Å². The number of nitrogens with one attached hydrogen (secondary N) is 1. The first-order valence-electron chi connectivity index (χ1n) is 7.93. The zero-order valence-corrected chi connectivity index (χ0v) is 14.1. The van der Waals surface area contributed by atoms with Gasteiger partial charge in [-0.05, 0) is 49.1 Å². The van der Waals surface area contributed by atoms with Crippen LogP contribution in [0.25, 0.3) is 0 Å². The fourth-order valence-corrected chi connectivity index (χ4v) is 2.38. The normalized spacial score (nSPS) is 11.7. The van der Waals surface area contributed by atoms with Gasteiger partial charge in [-0.1, -0.05) is 48.9 Å². The SMILES string of the molecule is CC[C@@H](Oc1ccccc1)C(=O)NCCCc1ccc(Cl)cc1. The summed E-state index contributed by atoms with van der Waals surface area (Å²) in [6, 6.07) is 17.2. The monoisotopic (exact) mass is 331 g/mol. The van der Waals surface area contributed by atoms with Crippen LogP contribution in [-0.4, -0.2) is 18.6 Å². The minimum absolute atomic E-state index is 0.0625. The molecule has 0 aliphatic rings. The van der Waals surface area contributed by atoms with Gasteiger partial charge in [0.1, 0.15) is 5.75 Å². The topological polar surface area (TPSA) is 38.3 Å². The van der Waals surface area contributed by atoms with Crippen LogP contribution in [0.5, 0.6) is 5.75 Å². The lowest BCUT2D eigenvalue weighted by Gasteiger charge is -2.17. The van der Waals surface area contributed by atoms with Gasteiger partial charge in [0.05, 0.1) is 0 Å². The number of hydrogen-bond acceptors (Lipinski definition) is 2. The Labute approximate surface area is 142 Å². The molecule has 2 aromatic carbocycles. The van der Waals surface area contributed by atoms with Gasteiger partial charge in [-0.25, -0.2) is 0 Å². The van der Waals surface area contributed by atoms with Gasteiger partial charge in [-0.15, -0.1) is 0 Å². The number of carbonyl (C=O) groups excluding carboxylic acids is 1. The molecule has 4 heteroatoms. The zero-order chi connectivity index (χ0) is 16.5. The summed E-state index contributed by atoms with van der Waals surface area (Å²) in [6.45, 7) is 2.58. The molecule has 0 aromatic heterocycles. The fraction of sp³-hybridized carbons (Fsp3) is 0.316. The van der Waals surface area contributed by atoms with Gasteiger partial charge >= 0.3 is 0 Å². The number of halogens is 1. The van der Waals surface area contributed by atoms with Gasteiger partial charge < -0.3 is 10.1 Å². The van der Waals surface area contributed by atoms with Crippen molar-refractivity contribution in [2.45, 2.75) is 32.3 Å². The molecule has 1 atom stereocenters. The van der Waals surface area contributed by atoms with Crippen LogP contribution in [0, 0.1) is 0 Å². The van der Waals surface area contributed by atoms with Crippen molar-refractivity contribution >= 4 is 17.5 Å². The maximum Gasteiger partial charge on any atom is 0.261 e. The molecular formula is C19H22ClNO2. The average molecular weight is 332 g/mol. The lowest BCUT2D eigenvalue weighted by atomic mass is 10.1. The number of benzene rings is 2. The van der Waals surface area contributed by atoms with Crippen molar-refractivity contribution in [2.75, 3.05) is 6.54 Å². The summed E-state index contributed by atoms with van der Waals surface area (Å²) < 4.78 is 5.73. The average Bonchev–Trinajstić information content (AvgIpc) is 2.59. The number of rotatable bonds is 8. The van der Waals surface area contributed by atoms with Gasteiger partial charge in [0, 0.05) is 11.6 Å². The highest BCUT2D eigenvalue weighted by Gasteiger charge is 2.17. The Kier molecular flexibility index (Phi) is 6.95. The van der Waals surface area contributed by atoms with Crippen LogP contribution in [0.3, 0.4) is 0 Å². The van der Waals surface area contributed by atoms with E-state index in [-0.39, 0.29) is 5.91 Å². The van der Waals surface area contributed by atoms with E-state index in [1.165, 1.54) is 5.56 Å². The molecular weight excluding hydrogens is 310 g/mol. The van der Waals surface area contributed by atoms with E-state index in [9.17, 15) is 4.79 Å². The van der Waals surface area contributed by atoms with E-state index < -0.39 is 6.10 Å². The third kappa shape index (κ3) is 5.95. The smallest absolute Gasteiger partial charge is 0.261 e. The standard InChI is InChI=1S/C19H22ClNO2/c1-2-18(23-17-8-4-3-5-9-17)19(22)21-14-6-7-15-10-12-16(20)13-11-15/h3-5,8-13,18H,2,6-7,14H2,1H3,(H,21,22)/t18-/m1/s1. The summed E-state index contributed by atoms with van der Waals surface area (Å²) in [6.07, 6.45) is 1.98. The largest absolute Gasteiger partial charge is 0.481 e. The lowest BCUT2D eigenvalue weighted by Crippen LogP contribution is -2.38. The number of ether oxygens (including phenoxy) is 1. The molecule has 0 unspecified atom stereocenters. The molecule has 0 aliphatic heterocycles. The highest BCUT2D eigenvalue weighted by Crippen LogP contribution is 2.13. The Morgan fingerprint density at radius 1 is 1.13 bits per heavy atom. The Bertz CT molecular complexity index is 599. The second-order valence-corrected chi connectivity index (χ2v) is 5.79. The van der Waals surface area contributed by atoms with E-state index in [4.69, 9.17) is 16.3 Å². The lowest BCUT2D eigenvalue weighted by molar-refractivity contribution is -0.128. The quantitative estimate of drug-likeness (QED) is 0.734. The molecule has 0 spiro atoms. The molecule has 0 bridgehead atoms. The van der Waals surface area contributed by atoms with Gasteiger partial charge in [-0.2, -0.15) is 0 Å². The van der Waals surface area contributed by atoms with E-state index in [1.807, 2.05) is 61.5 Å². The highest BCUT2D eigenvalue weighted by molar-refractivity contribution is 6.30. The number of carbonyl (C=O) groups is 1. The number of para-hydroxylation sites is 1. The van der Waals surface area contributed by atoms with Crippen molar-refractivity contribution < 1.29 is 9.53 Å². The van der Waals surface area contributed by atoms with E-state index in [1.54, 1.807) is 0 Å². The van der Waals surface area contributed by atoms with Crippen LogP contribution >= 0.6 is 11.6 Å². The molecule has 0 fully saturated rings. The summed E-state index contributed by atoms with van der Waals surface area (Å²) in [5, 5.41) is 3.69. The van der Waals surface area contributed by atoms with Crippen molar-refractivity contribution in [3.05, 3.63) is 65.2 Å². The minimum Gasteiger partial charge on any atom is -0.481 e. The van der Waals surface area contributed by atoms with Crippen LogP contribution in [0.1, 0.15) is 25.3 Å². The predicted octanol–water partition coefficient (Wildman–Crippen LogP) is 4.25. The maximum atomic E-state index is 12.2. The molecule has 0 aliphatic carbocycles. The molecule has 1 N–H and O–H groups in total. The molecule has 0 saturated heterocycles. The van der Waals surface area contributed by atoms with Gasteiger partial charge in [0.25, 0.3) is 5.91 Å². The first-order valence-corrected chi connectivity index (χ1v) is 8.30. The third-order valence-corrected chi connectivity index (χ3v) is 3.79. The van der Waals surface area contributed by atoms with Gasteiger partial charge in [0.15, 0.2) is 6.10 Å². The first kappa shape index (κ1) is 17.4. The third-order valence-electron chi connectivity index (χ3n) is 3.54. The van der Waals surface area contributed by atoms with E-state index in [0.717, 1.165) is 23.6 Å². The van der Waals surface area contributed by atoms with Crippen LogP contribution in [0.15, 0.2) is 54.6 Å². The van der Waals surface area contributed by atoms with Crippen LogP contribution in [0.2, 0.25) is 5.02 Å². The van der Waals surface area contributed by atoms with Crippen LogP contribution in [0.4, 0.5) is 0 Å². The zero-order valence-electron chi connectivity index (χ0n) is 13.3. The summed E-state index contributed by atoms with van der Waals surface area (Å²) in [5.74, 6) is 0.656. The number of amides is 1. The highest BCUT2D eigenvalue weighted by atomic mass is 35.5. The minimum atomic E-state index is -0.451. The van der Waals surface area contributed by atoms with Crippen LogP contribution in [-0.2, 0) is 11.2 Å². The summed E-state index contributed by atoms with van der Waals surface area (Å²) >= 11 is 5.86. The van der Waals surface area contributed by atoms with E-state index in [0.29, 0.717) is 13.0 Å². The molecule has 1 amide bonds. The molecule has 23 heavy (non-hydrogen) atoms. The Balaban J connectivity index is 1.73.